The first-order chi connectivity index (χ1) is 11.7. The van der Waals surface area contributed by atoms with Gasteiger partial charge in [-0.15, -0.1) is 11.3 Å². The molecule has 0 atom stereocenters. The van der Waals surface area contributed by atoms with Gasteiger partial charge >= 0.3 is 0 Å². The second-order valence-electron chi connectivity index (χ2n) is 5.58. The number of benzene rings is 2. The summed E-state index contributed by atoms with van der Waals surface area (Å²) in [6.45, 7) is 4.74. The number of hydrogen-bond acceptors (Lipinski definition) is 4. The first-order valence-corrected chi connectivity index (χ1v) is 8.88. The minimum atomic E-state index is 0.652. The largest absolute Gasteiger partial charge is 0.497 e. The normalized spacial score (nSPS) is 10.6. The van der Waals surface area contributed by atoms with Gasteiger partial charge in [0.25, 0.3) is 0 Å². The van der Waals surface area contributed by atoms with Crippen LogP contribution in [0.1, 0.15) is 23.1 Å². The Kier molecular flexibility index (Phi) is 5.16. The fourth-order valence-corrected chi connectivity index (χ4v) is 3.39. The lowest BCUT2D eigenvalue weighted by molar-refractivity contribution is 0.341. The number of hydrogen-bond donors (Lipinski definition) is 0. The molecule has 0 fully saturated rings. The molecule has 0 N–H and O–H groups in total. The van der Waals surface area contributed by atoms with Gasteiger partial charge in [-0.2, -0.15) is 0 Å². The summed E-state index contributed by atoms with van der Waals surface area (Å²) in [5, 5.41) is 3.20. The molecule has 3 rings (SSSR count). The summed E-state index contributed by atoms with van der Waals surface area (Å²) in [5.74, 6) is 1.77. The van der Waals surface area contributed by atoms with Crippen molar-refractivity contribution in [3.63, 3.8) is 0 Å². The summed E-state index contributed by atoms with van der Waals surface area (Å²) in [6.07, 6.45) is 0.824. The summed E-state index contributed by atoms with van der Waals surface area (Å²) in [6, 6.07) is 14.4. The van der Waals surface area contributed by atoms with E-state index in [4.69, 9.17) is 14.5 Å². The smallest absolute Gasteiger partial charge is 0.128 e. The molecule has 0 radical (unpaired) electrons. The van der Waals surface area contributed by atoms with Crippen LogP contribution in [-0.2, 0) is 6.42 Å². The van der Waals surface area contributed by atoms with E-state index in [-0.39, 0.29) is 0 Å². The molecule has 1 heterocycles. The Labute approximate surface area is 146 Å². The molecule has 0 bridgehead atoms. The van der Waals surface area contributed by atoms with Gasteiger partial charge < -0.3 is 9.47 Å². The van der Waals surface area contributed by atoms with Crippen LogP contribution in [0.15, 0.2) is 47.8 Å². The highest BCUT2D eigenvalue weighted by atomic mass is 32.1. The van der Waals surface area contributed by atoms with Crippen molar-refractivity contribution in [3.8, 4) is 22.8 Å². The van der Waals surface area contributed by atoms with Gasteiger partial charge in [0, 0.05) is 17.4 Å². The predicted octanol–water partition coefficient (Wildman–Crippen LogP) is 5.12. The van der Waals surface area contributed by atoms with Crippen LogP contribution < -0.4 is 9.47 Å². The number of rotatable bonds is 6. The van der Waals surface area contributed by atoms with Gasteiger partial charge in [0.15, 0.2) is 0 Å². The van der Waals surface area contributed by atoms with E-state index < -0.39 is 0 Å². The molecule has 24 heavy (non-hydrogen) atoms. The van der Waals surface area contributed by atoms with Gasteiger partial charge in [-0.25, -0.2) is 4.98 Å². The van der Waals surface area contributed by atoms with Gasteiger partial charge in [-0.05, 0) is 43.7 Å². The monoisotopic (exact) mass is 339 g/mol. The molecule has 0 aliphatic heterocycles. The minimum absolute atomic E-state index is 0.652. The van der Waals surface area contributed by atoms with Crippen molar-refractivity contribution in [2.75, 3.05) is 13.7 Å². The average molecular weight is 339 g/mol. The number of thiazole rings is 1. The Morgan fingerprint density at radius 2 is 1.88 bits per heavy atom. The summed E-state index contributed by atoms with van der Waals surface area (Å²) in [5.41, 5.74) is 4.48. The number of aromatic nitrogens is 1. The van der Waals surface area contributed by atoms with Crippen molar-refractivity contribution in [2.45, 2.75) is 20.3 Å². The zero-order valence-corrected chi connectivity index (χ0v) is 15.0. The van der Waals surface area contributed by atoms with E-state index in [2.05, 4.69) is 36.6 Å². The quantitative estimate of drug-likeness (QED) is 0.625. The van der Waals surface area contributed by atoms with E-state index in [0.29, 0.717) is 6.61 Å². The molecule has 0 unspecified atom stereocenters. The maximum atomic E-state index is 5.75. The lowest BCUT2D eigenvalue weighted by Gasteiger charge is -2.09. The molecular formula is C20H21NO2S. The van der Waals surface area contributed by atoms with Crippen molar-refractivity contribution < 1.29 is 9.47 Å². The summed E-state index contributed by atoms with van der Waals surface area (Å²) in [4.78, 5) is 4.81. The van der Waals surface area contributed by atoms with Crippen LogP contribution in [0.2, 0.25) is 0 Å². The van der Waals surface area contributed by atoms with Crippen LogP contribution in [0.3, 0.4) is 0 Å². The molecule has 1 aromatic heterocycles. The highest BCUT2D eigenvalue weighted by molar-refractivity contribution is 7.10. The van der Waals surface area contributed by atoms with Gasteiger partial charge in [-0.1, -0.05) is 23.8 Å². The third-order valence-corrected chi connectivity index (χ3v) is 4.63. The molecule has 0 saturated carbocycles. The highest BCUT2D eigenvalue weighted by Crippen LogP contribution is 2.32. The summed E-state index contributed by atoms with van der Waals surface area (Å²) < 4.78 is 11.0. The van der Waals surface area contributed by atoms with E-state index in [1.165, 1.54) is 11.1 Å². The standard InChI is InChI=1S/C20H21NO2S/c1-4-23-19-10-5-14(2)11-17(19)18-13-24-20(21-18)12-15-6-8-16(22-3)9-7-15/h5-11,13H,4,12H2,1-3H3. The van der Waals surface area contributed by atoms with Gasteiger partial charge in [0.05, 0.1) is 24.4 Å². The van der Waals surface area contributed by atoms with Crippen LogP contribution in [-0.4, -0.2) is 18.7 Å². The lowest BCUT2D eigenvalue weighted by atomic mass is 10.1. The summed E-state index contributed by atoms with van der Waals surface area (Å²) in [7, 11) is 1.68. The molecule has 0 amide bonds. The van der Waals surface area contributed by atoms with E-state index >= 15 is 0 Å². The van der Waals surface area contributed by atoms with Crippen molar-refractivity contribution in [1.29, 1.82) is 0 Å². The van der Waals surface area contributed by atoms with Crippen LogP contribution in [0, 0.1) is 6.92 Å². The van der Waals surface area contributed by atoms with Crippen molar-refractivity contribution in [2.24, 2.45) is 0 Å². The fraction of sp³-hybridized carbons (Fsp3) is 0.250. The molecule has 0 saturated heterocycles. The number of nitrogens with zero attached hydrogens (tertiary/aromatic N) is 1. The van der Waals surface area contributed by atoms with Crippen molar-refractivity contribution in [1.82, 2.24) is 4.98 Å². The van der Waals surface area contributed by atoms with Crippen LogP contribution in [0.25, 0.3) is 11.3 Å². The van der Waals surface area contributed by atoms with E-state index in [1.807, 2.05) is 25.1 Å². The Hall–Kier alpha value is -2.33. The maximum Gasteiger partial charge on any atom is 0.128 e. The molecule has 3 aromatic rings. The third-order valence-electron chi connectivity index (χ3n) is 3.78. The Morgan fingerprint density at radius 1 is 1.08 bits per heavy atom. The second kappa shape index (κ2) is 7.49. The molecular weight excluding hydrogens is 318 g/mol. The minimum Gasteiger partial charge on any atom is -0.497 e. The molecule has 0 spiro atoms. The number of aryl methyl sites for hydroxylation is 1. The van der Waals surface area contributed by atoms with E-state index in [1.54, 1.807) is 18.4 Å². The van der Waals surface area contributed by atoms with Gasteiger partial charge in [0.2, 0.25) is 0 Å². The van der Waals surface area contributed by atoms with Crippen molar-refractivity contribution >= 4 is 11.3 Å². The summed E-state index contributed by atoms with van der Waals surface area (Å²) >= 11 is 1.68. The van der Waals surface area contributed by atoms with Crippen LogP contribution >= 0.6 is 11.3 Å². The van der Waals surface area contributed by atoms with Crippen LogP contribution in [0.4, 0.5) is 0 Å². The van der Waals surface area contributed by atoms with Gasteiger partial charge in [0.1, 0.15) is 11.5 Å². The van der Waals surface area contributed by atoms with E-state index in [0.717, 1.165) is 34.2 Å². The molecule has 0 aliphatic carbocycles. The SMILES string of the molecule is CCOc1ccc(C)cc1-c1csc(Cc2ccc(OC)cc2)n1. The van der Waals surface area contributed by atoms with Crippen molar-refractivity contribution in [3.05, 3.63) is 64.0 Å². The third kappa shape index (κ3) is 3.77. The fourth-order valence-electron chi connectivity index (χ4n) is 2.56. The molecule has 3 nitrogen and oxygen atoms in total. The van der Waals surface area contributed by atoms with Gasteiger partial charge in [-0.3, -0.25) is 0 Å². The number of ether oxygens (including phenoxy) is 2. The Balaban J connectivity index is 1.83. The lowest BCUT2D eigenvalue weighted by Crippen LogP contribution is -1.95. The highest BCUT2D eigenvalue weighted by Gasteiger charge is 2.11. The Bertz CT molecular complexity index is 809. The first kappa shape index (κ1) is 16.5. The second-order valence-corrected chi connectivity index (χ2v) is 6.53. The number of methoxy groups -OCH3 is 1. The zero-order valence-electron chi connectivity index (χ0n) is 14.2. The van der Waals surface area contributed by atoms with Crippen LogP contribution in [0.5, 0.6) is 11.5 Å². The average Bonchev–Trinajstić information content (AvgIpc) is 3.06. The molecule has 124 valence electrons. The van der Waals surface area contributed by atoms with E-state index in [9.17, 15) is 0 Å². The topological polar surface area (TPSA) is 31.4 Å². The first-order valence-electron chi connectivity index (χ1n) is 8.00. The Morgan fingerprint density at radius 3 is 2.58 bits per heavy atom. The molecule has 2 aromatic carbocycles. The zero-order chi connectivity index (χ0) is 16.9. The predicted molar refractivity (Wildman–Crippen MR) is 99.3 cm³/mol. The molecule has 0 aliphatic rings. The maximum absolute atomic E-state index is 5.75. The molecule has 4 heteroatoms.